The van der Waals surface area contributed by atoms with E-state index in [1.54, 1.807) is 0 Å². The van der Waals surface area contributed by atoms with Gasteiger partial charge in [0.15, 0.2) is 0 Å². The van der Waals surface area contributed by atoms with Gasteiger partial charge in [-0.3, -0.25) is 0 Å². The third-order valence-electron chi connectivity index (χ3n) is 2.08. The lowest BCUT2D eigenvalue weighted by Crippen LogP contribution is -1.97. The zero-order valence-electron chi connectivity index (χ0n) is 7.84. The maximum Gasteiger partial charge on any atom is 0.0901 e. The Labute approximate surface area is 101 Å². The predicted molar refractivity (Wildman–Crippen MR) is 67.9 cm³/mol. The van der Waals surface area contributed by atoms with Gasteiger partial charge in [0, 0.05) is 15.5 Å². The minimum Gasteiger partial charge on any atom is -0.411 e. The second kappa shape index (κ2) is 4.48. The molecule has 0 aliphatic rings. The molecule has 1 aromatic carbocycles. The van der Waals surface area contributed by atoms with Gasteiger partial charge in [0.05, 0.1) is 11.9 Å². The fourth-order valence-corrected chi connectivity index (χ4v) is 1.75. The molecule has 0 saturated heterocycles. The van der Waals surface area contributed by atoms with E-state index in [1.807, 2.05) is 47.2 Å². The summed E-state index contributed by atoms with van der Waals surface area (Å²) in [7, 11) is 0. The zero-order chi connectivity index (χ0) is 10.7. The highest BCUT2D eigenvalue weighted by atomic mass is 127. The summed E-state index contributed by atoms with van der Waals surface area (Å²) in [6.07, 6.45) is 3.34. The van der Waals surface area contributed by atoms with Crippen LogP contribution in [0.25, 0.3) is 5.69 Å². The molecule has 0 fully saturated rings. The topological polar surface area (TPSA) is 37.5 Å². The molecule has 0 spiro atoms. The van der Waals surface area contributed by atoms with Crippen molar-refractivity contribution in [3.05, 3.63) is 51.9 Å². The maximum absolute atomic E-state index is 8.51. The SMILES string of the molecule is ON=Cc1cccn1-c1ccc(I)cc1. The molecule has 1 heterocycles. The van der Waals surface area contributed by atoms with Gasteiger partial charge in [0.2, 0.25) is 0 Å². The number of rotatable bonds is 2. The number of hydrogen-bond acceptors (Lipinski definition) is 2. The summed E-state index contributed by atoms with van der Waals surface area (Å²) in [6, 6.07) is 11.9. The fraction of sp³-hybridized carbons (Fsp3) is 0. The summed E-state index contributed by atoms with van der Waals surface area (Å²) in [5.74, 6) is 0. The highest BCUT2D eigenvalue weighted by molar-refractivity contribution is 14.1. The van der Waals surface area contributed by atoms with Crippen LogP contribution < -0.4 is 0 Å². The van der Waals surface area contributed by atoms with E-state index in [0.717, 1.165) is 11.4 Å². The Morgan fingerprint density at radius 1 is 1.20 bits per heavy atom. The molecule has 2 rings (SSSR count). The van der Waals surface area contributed by atoms with E-state index in [9.17, 15) is 0 Å². The Morgan fingerprint density at radius 2 is 1.93 bits per heavy atom. The van der Waals surface area contributed by atoms with Crippen molar-refractivity contribution in [2.45, 2.75) is 0 Å². The van der Waals surface area contributed by atoms with Crippen LogP contribution in [-0.4, -0.2) is 16.0 Å². The average Bonchev–Trinajstić information content (AvgIpc) is 2.68. The number of hydrogen-bond donors (Lipinski definition) is 1. The average molecular weight is 312 g/mol. The molecule has 0 saturated carbocycles. The van der Waals surface area contributed by atoms with E-state index < -0.39 is 0 Å². The summed E-state index contributed by atoms with van der Waals surface area (Å²) in [5, 5.41) is 11.5. The molecule has 0 aliphatic heterocycles. The first-order chi connectivity index (χ1) is 7.31. The largest absolute Gasteiger partial charge is 0.411 e. The van der Waals surface area contributed by atoms with Gasteiger partial charge in [-0.25, -0.2) is 0 Å². The standard InChI is InChI=1S/C11H9IN2O/c12-9-3-5-10(6-4-9)14-7-1-2-11(14)8-13-15/h1-8,15H. The number of aromatic nitrogens is 1. The Morgan fingerprint density at radius 3 is 2.60 bits per heavy atom. The van der Waals surface area contributed by atoms with E-state index in [2.05, 4.69) is 27.7 Å². The van der Waals surface area contributed by atoms with Gasteiger partial charge in [0.1, 0.15) is 0 Å². The third-order valence-corrected chi connectivity index (χ3v) is 2.79. The summed E-state index contributed by atoms with van der Waals surface area (Å²) >= 11 is 2.26. The van der Waals surface area contributed by atoms with Crippen molar-refractivity contribution in [1.82, 2.24) is 4.57 Å². The summed E-state index contributed by atoms with van der Waals surface area (Å²) < 4.78 is 3.15. The van der Waals surface area contributed by atoms with Crippen LogP contribution in [0.5, 0.6) is 0 Å². The predicted octanol–water partition coefficient (Wildman–Crippen LogP) is 2.89. The van der Waals surface area contributed by atoms with Crippen molar-refractivity contribution in [2.24, 2.45) is 5.16 Å². The van der Waals surface area contributed by atoms with Gasteiger partial charge in [-0.05, 0) is 59.0 Å². The van der Waals surface area contributed by atoms with Crippen molar-refractivity contribution < 1.29 is 5.21 Å². The van der Waals surface area contributed by atoms with Gasteiger partial charge in [-0.2, -0.15) is 0 Å². The van der Waals surface area contributed by atoms with Crippen LogP contribution in [0.2, 0.25) is 0 Å². The smallest absolute Gasteiger partial charge is 0.0901 e. The molecule has 1 N–H and O–H groups in total. The molecule has 1 aromatic heterocycles. The highest BCUT2D eigenvalue weighted by Crippen LogP contribution is 2.13. The van der Waals surface area contributed by atoms with Crippen molar-refractivity contribution in [1.29, 1.82) is 0 Å². The quantitative estimate of drug-likeness (QED) is 0.394. The van der Waals surface area contributed by atoms with Crippen LogP contribution in [0.4, 0.5) is 0 Å². The van der Waals surface area contributed by atoms with E-state index in [4.69, 9.17) is 5.21 Å². The van der Waals surface area contributed by atoms with E-state index in [0.29, 0.717) is 0 Å². The molecule has 0 aliphatic carbocycles. The first-order valence-electron chi connectivity index (χ1n) is 4.42. The van der Waals surface area contributed by atoms with Gasteiger partial charge in [-0.1, -0.05) is 5.16 Å². The lowest BCUT2D eigenvalue weighted by molar-refractivity contribution is 0.321. The Kier molecular flexibility index (Phi) is 3.05. The van der Waals surface area contributed by atoms with Crippen LogP contribution in [-0.2, 0) is 0 Å². The normalized spacial score (nSPS) is 11.0. The molecular formula is C11H9IN2O. The van der Waals surface area contributed by atoms with Crippen LogP contribution in [0.1, 0.15) is 5.69 Å². The van der Waals surface area contributed by atoms with E-state index >= 15 is 0 Å². The number of oxime groups is 1. The van der Waals surface area contributed by atoms with Crippen LogP contribution >= 0.6 is 22.6 Å². The number of nitrogens with zero attached hydrogens (tertiary/aromatic N) is 2. The number of halogens is 1. The lowest BCUT2D eigenvalue weighted by Gasteiger charge is -2.05. The van der Waals surface area contributed by atoms with Crippen molar-refractivity contribution in [3.63, 3.8) is 0 Å². The first-order valence-corrected chi connectivity index (χ1v) is 5.50. The molecule has 4 heteroatoms. The second-order valence-electron chi connectivity index (χ2n) is 3.02. The highest BCUT2D eigenvalue weighted by Gasteiger charge is 2.00. The molecular weight excluding hydrogens is 303 g/mol. The molecule has 0 amide bonds. The minimum atomic E-state index is 0.846. The first kappa shape index (κ1) is 10.2. The van der Waals surface area contributed by atoms with Crippen molar-refractivity contribution >= 4 is 28.8 Å². The van der Waals surface area contributed by atoms with Crippen LogP contribution in [0, 0.1) is 3.57 Å². The molecule has 2 aromatic rings. The number of benzene rings is 1. The van der Waals surface area contributed by atoms with Gasteiger partial charge < -0.3 is 9.77 Å². The van der Waals surface area contributed by atoms with Crippen molar-refractivity contribution in [3.8, 4) is 5.69 Å². The van der Waals surface area contributed by atoms with Gasteiger partial charge in [0.25, 0.3) is 0 Å². The second-order valence-corrected chi connectivity index (χ2v) is 4.27. The van der Waals surface area contributed by atoms with Crippen LogP contribution in [0.15, 0.2) is 47.8 Å². The lowest BCUT2D eigenvalue weighted by atomic mass is 10.3. The Balaban J connectivity index is 2.44. The fourth-order valence-electron chi connectivity index (χ4n) is 1.40. The molecule has 15 heavy (non-hydrogen) atoms. The summed E-state index contributed by atoms with van der Waals surface area (Å²) in [5.41, 5.74) is 1.90. The molecule has 0 atom stereocenters. The molecule has 76 valence electrons. The summed E-state index contributed by atoms with van der Waals surface area (Å²) in [6.45, 7) is 0. The monoisotopic (exact) mass is 312 g/mol. The van der Waals surface area contributed by atoms with Crippen LogP contribution in [0.3, 0.4) is 0 Å². The molecule has 3 nitrogen and oxygen atoms in total. The third kappa shape index (κ3) is 2.20. The van der Waals surface area contributed by atoms with E-state index in [1.165, 1.54) is 9.78 Å². The Bertz CT molecular complexity index is 474. The zero-order valence-corrected chi connectivity index (χ0v) is 10.00. The Hall–Kier alpha value is -1.30. The van der Waals surface area contributed by atoms with E-state index in [-0.39, 0.29) is 0 Å². The molecule has 0 bridgehead atoms. The minimum absolute atomic E-state index is 0.846. The molecule has 0 radical (unpaired) electrons. The van der Waals surface area contributed by atoms with Gasteiger partial charge >= 0.3 is 0 Å². The maximum atomic E-state index is 8.51. The molecule has 0 unspecified atom stereocenters. The van der Waals surface area contributed by atoms with Gasteiger partial charge in [-0.15, -0.1) is 0 Å². The van der Waals surface area contributed by atoms with Crippen molar-refractivity contribution in [2.75, 3.05) is 0 Å². The summed E-state index contributed by atoms with van der Waals surface area (Å²) in [4.78, 5) is 0.